The molecule has 4 heteroatoms. The number of nitrogens with one attached hydrogen (secondary N) is 1. The maximum Gasteiger partial charge on any atom is 0.181 e. The van der Waals surface area contributed by atoms with Gasteiger partial charge < -0.3 is 5.32 Å². The molecule has 2 rings (SSSR count). The minimum absolute atomic E-state index is 0.159. The average Bonchev–Trinajstić information content (AvgIpc) is 2.31. The largest absolute Gasteiger partial charge is 0.378 e. The monoisotopic (exact) mass is 234 g/mol. The Morgan fingerprint density at radius 3 is 2.82 bits per heavy atom. The molecule has 1 heterocycles. The van der Waals surface area contributed by atoms with Gasteiger partial charge in [-0.3, -0.25) is 4.98 Å². The van der Waals surface area contributed by atoms with E-state index < -0.39 is 11.6 Å². The number of aryl methyl sites for hydroxylation is 1. The summed E-state index contributed by atoms with van der Waals surface area (Å²) in [6.07, 6.45) is 3.43. The van der Waals surface area contributed by atoms with Crippen molar-refractivity contribution in [3.63, 3.8) is 0 Å². The summed E-state index contributed by atoms with van der Waals surface area (Å²) in [7, 11) is 0. The maximum atomic E-state index is 13.3. The summed E-state index contributed by atoms with van der Waals surface area (Å²) >= 11 is 0. The zero-order chi connectivity index (χ0) is 12.3. The van der Waals surface area contributed by atoms with E-state index in [-0.39, 0.29) is 5.69 Å². The van der Waals surface area contributed by atoms with Crippen LogP contribution >= 0.6 is 0 Å². The topological polar surface area (TPSA) is 24.9 Å². The van der Waals surface area contributed by atoms with E-state index in [4.69, 9.17) is 0 Å². The van der Waals surface area contributed by atoms with E-state index >= 15 is 0 Å². The molecule has 2 aromatic rings. The Kier molecular flexibility index (Phi) is 3.32. The van der Waals surface area contributed by atoms with Gasteiger partial charge in [0.25, 0.3) is 0 Å². The van der Waals surface area contributed by atoms with Crippen molar-refractivity contribution >= 4 is 5.69 Å². The standard InChI is InChI=1S/C13H12F2N2/c1-9-5-10(7-16-6-9)8-17-12-4-2-3-11(14)13(12)15/h2-7,17H,8H2,1H3. The first-order valence-corrected chi connectivity index (χ1v) is 5.25. The third kappa shape index (κ3) is 2.78. The zero-order valence-corrected chi connectivity index (χ0v) is 9.37. The van der Waals surface area contributed by atoms with E-state index in [0.29, 0.717) is 6.54 Å². The lowest BCUT2D eigenvalue weighted by Crippen LogP contribution is -2.03. The lowest BCUT2D eigenvalue weighted by Gasteiger charge is -2.08. The zero-order valence-electron chi connectivity index (χ0n) is 9.37. The van der Waals surface area contributed by atoms with Crippen LogP contribution in [0.1, 0.15) is 11.1 Å². The third-order valence-electron chi connectivity index (χ3n) is 2.37. The highest BCUT2D eigenvalue weighted by molar-refractivity contribution is 5.45. The van der Waals surface area contributed by atoms with Gasteiger partial charge in [0.15, 0.2) is 11.6 Å². The van der Waals surface area contributed by atoms with Crippen molar-refractivity contribution in [3.8, 4) is 0 Å². The van der Waals surface area contributed by atoms with Crippen molar-refractivity contribution in [2.75, 3.05) is 5.32 Å². The molecular formula is C13H12F2N2. The fraction of sp³-hybridized carbons (Fsp3) is 0.154. The van der Waals surface area contributed by atoms with Crippen molar-refractivity contribution in [2.45, 2.75) is 13.5 Å². The molecule has 0 unspecified atom stereocenters. The van der Waals surface area contributed by atoms with E-state index in [1.54, 1.807) is 12.4 Å². The van der Waals surface area contributed by atoms with Gasteiger partial charge in [-0.15, -0.1) is 0 Å². The van der Waals surface area contributed by atoms with Gasteiger partial charge in [0.1, 0.15) is 0 Å². The van der Waals surface area contributed by atoms with Gasteiger partial charge in [0.05, 0.1) is 5.69 Å². The molecule has 88 valence electrons. The fourth-order valence-electron chi connectivity index (χ4n) is 1.55. The van der Waals surface area contributed by atoms with Crippen LogP contribution in [0.3, 0.4) is 0 Å². The van der Waals surface area contributed by atoms with Crippen LogP contribution in [0.4, 0.5) is 14.5 Å². The van der Waals surface area contributed by atoms with E-state index in [0.717, 1.165) is 17.2 Å². The van der Waals surface area contributed by atoms with Crippen LogP contribution in [-0.2, 0) is 6.54 Å². The molecule has 1 N–H and O–H groups in total. The highest BCUT2D eigenvalue weighted by Gasteiger charge is 2.06. The predicted molar refractivity (Wildman–Crippen MR) is 62.7 cm³/mol. The normalized spacial score (nSPS) is 10.3. The first kappa shape index (κ1) is 11.5. The van der Waals surface area contributed by atoms with E-state index in [1.807, 2.05) is 13.0 Å². The molecule has 0 fully saturated rings. The first-order chi connectivity index (χ1) is 8.16. The second-order valence-corrected chi connectivity index (χ2v) is 3.83. The number of aromatic nitrogens is 1. The van der Waals surface area contributed by atoms with Gasteiger partial charge in [-0.2, -0.15) is 0 Å². The summed E-state index contributed by atoms with van der Waals surface area (Å²) in [6.45, 7) is 2.34. The molecule has 0 amide bonds. The summed E-state index contributed by atoms with van der Waals surface area (Å²) in [4.78, 5) is 4.03. The first-order valence-electron chi connectivity index (χ1n) is 5.25. The van der Waals surface area contributed by atoms with E-state index in [2.05, 4.69) is 10.3 Å². The maximum absolute atomic E-state index is 13.3. The number of rotatable bonds is 3. The van der Waals surface area contributed by atoms with Gasteiger partial charge in [0, 0.05) is 18.9 Å². The summed E-state index contributed by atoms with van der Waals surface area (Å²) in [5.41, 5.74) is 2.11. The number of halogens is 2. The van der Waals surface area contributed by atoms with E-state index in [9.17, 15) is 8.78 Å². The van der Waals surface area contributed by atoms with Crippen LogP contribution in [0.2, 0.25) is 0 Å². The fourth-order valence-corrected chi connectivity index (χ4v) is 1.55. The Morgan fingerprint density at radius 1 is 1.24 bits per heavy atom. The van der Waals surface area contributed by atoms with Crippen molar-refractivity contribution in [1.29, 1.82) is 0 Å². The molecule has 0 saturated carbocycles. The van der Waals surface area contributed by atoms with Gasteiger partial charge in [-0.05, 0) is 30.2 Å². The summed E-state index contributed by atoms with van der Waals surface area (Å²) in [5, 5.41) is 2.84. The van der Waals surface area contributed by atoms with Gasteiger partial charge >= 0.3 is 0 Å². The van der Waals surface area contributed by atoms with Crippen molar-refractivity contribution in [2.24, 2.45) is 0 Å². The molecule has 0 aliphatic rings. The number of hydrogen-bond acceptors (Lipinski definition) is 2. The second kappa shape index (κ2) is 4.91. The molecular weight excluding hydrogens is 222 g/mol. The molecule has 0 atom stereocenters. The minimum Gasteiger partial charge on any atom is -0.378 e. The van der Waals surface area contributed by atoms with Crippen LogP contribution in [0.15, 0.2) is 36.7 Å². The van der Waals surface area contributed by atoms with Gasteiger partial charge in [-0.25, -0.2) is 8.78 Å². The lowest BCUT2D eigenvalue weighted by molar-refractivity contribution is 0.511. The number of anilines is 1. The average molecular weight is 234 g/mol. The molecule has 0 radical (unpaired) electrons. The van der Waals surface area contributed by atoms with Crippen LogP contribution in [-0.4, -0.2) is 4.98 Å². The van der Waals surface area contributed by atoms with E-state index in [1.165, 1.54) is 12.1 Å². The molecule has 0 aliphatic heterocycles. The lowest BCUT2D eigenvalue weighted by atomic mass is 10.2. The second-order valence-electron chi connectivity index (χ2n) is 3.83. The predicted octanol–water partition coefficient (Wildman–Crippen LogP) is 3.28. The summed E-state index contributed by atoms with van der Waals surface area (Å²) in [6, 6.07) is 6.00. The van der Waals surface area contributed by atoms with Gasteiger partial charge in [-0.1, -0.05) is 12.1 Å². The number of hydrogen-bond donors (Lipinski definition) is 1. The molecule has 0 spiro atoms. The third-order valence-corrected chi connectivity index (χ3v) is 2.37. The van der Waals surface area contributed by atoms with Crippen LogP contribution in [0, 0.1) is 18.6 Å². The SMILES string of the molecule is Cc1cncc(CNc2cccc(F)c2F)c1. The molecule has 2 nitrogen and oxygen atoms in total. The summed E-state index contributed by atoms with van der Waals surface area (Å²) in [5.74, 6) is -1.70. The number of nitrogens with zero attached hydrogens (tertiary/aromatic N) is 1. The smallest absolute Gasteiger partial charge is 0.181 e. The molecule has 17 heavy (non-hydrogen) atoms. The molecule has 0 aliphatic carbocycles. The molecule has 0 bridgehead atoms. The Hall–Kier alpha value is -1.97. The Labute approximate surface area is 98.3 Å². The van der Waals surface area contributed by atoms with Crippen LogP contribution in [0.25, 0.3) is 0 Å². The van der Waals surface area contributed by atoms with Crippen molar-refractivity contribution in [1.82, 2.24) is 4.98 Å². The Bertz CT molecular complexity index is 527. The Balaban J connectivity index is 2.10. The van der Waals surface area contributed by atoms with Crippen LogP contribution < -0.4 is 5.32 Å². The summed E-state index contributed by atoms with van der Waals surface area (Å²) < 4.78 is 26.3. The molecule has 1 aromatic heterocycles. The molecule has 0 saturated heterocycles. The highest BCUT2D eigenvalue weighted by Crippen LogP contribution is 2.17. The number of benzene rings is 1. The minimum atomic E-state index is -0.854. The highest BCUT2D eigenvalue weighted by atomic mass is 19.2. The quantitative estimate of drug-likeness (QED) is 0.881. The van der Waals surface area contributed by atoms with Crippen LogP contribution in [0.5, 0.6) is 0 Å². The van der Waals surface area contributed by atoms with Crippen molar-refractivity contribution in [3.05, 3.63) is 59.4 Å². The Morgan fingerprint density at radius 2 is 2.06 bits per heavy atom. The number of pyridine rings is 1. The van der Waals surface area contributed by atoms with Gasteiger partial charge in [0.2, 0.25) is 0 Å². The van der Waals surface area contributed by atoms with Crippen molar-refractivity contribution < 1.29 is 8.78 Å². The molecule has 1 aromatic carbocycles.